The molecule has 2 aromatic rings. The van der Waals surface area contributed by atoms with Crippen LogP contribution < -0.4 is 5.32 Å². The zero-order chi connectivity index (χ0) is 24.9. The van der Waals surface area contributed by atoms with E-state index in [0.717, 1.165) is 12.1 Å². The number of carbonyl (C=O) groups excluding carboxylic acids is 1. The summed E-state index contributed by atoms with van der Waals surface area (Å²) in [7, 11) is -14.6. The number of benzene rings is 2. The molecule has 1 atom stereocenters. The van der Waals surface area contributed by atoms with Crippen molar-refractivity contribution in [3.63, 3.8) is 0 Å². The molecule has 0 aliphatic carbocycles. The van der Waals surface area contributed by atoms with E-state index in [0.29, 0.717) is 31.2 Å². The SMILES string of the molecule is CC(O)(CS(=O)(=O)c1cccc(C(F)(F)F)c1)C(=O)Nc1ccc(S(F)(F)(F)(F)F)cc1. The largest absolute Gasteiger partial charge is 0.416 e. The van der Waals surface area contributed by atoms with Crippen LogP contribution in [0.5, 0.6) is 0 Å². The maximum absolute atomic E-state index is 12.8. The number of halogens is 8. The number of aliphatic hydroxyl groups is 1. The van der Waals surface area contributed by atoms with Crippen molar-refractivity contribution >= 4 is 31.7 Å². The number of alkyl halides is 3. The molecule has 1 amide bonds. The summed E-state index contributed by atoms with van der Waals surface area (Å²) in [5, 5.41) is 12.1. The van der Waals surface area contributed by atoms with Gasteiger partial charge in [-0.25, -0.2) is 8.42 Å². The van der Waals surface area contributed by atoms with Crippen molar-refractivity contribution in [3.05, 3.63) is 54.1 Å². The van der Waals surface area contributed by atoms with Gasteiger partial charge in [-0.05, 0) is 49.4 Å². The minimum Gasteiger partial charge on any atom is -0.379 e. The molecule has 1 unspecified atom stereocenters. The Morgan fingerprint density at radius 3 is 2.00 bits per heavy atom. The fourth-order valence-electron chi connectivity index (χ4n) is 2.45. The molecule has 0 aliphatic rings. The summed E-state index contributed by atoms with van der Waals surface area (Å²) in [6, 6.07) is 3.45. The third-order valence-corrected chi connectivity index (χ3v) is 7.12. The number of hydrogen-bond acceptors (Lipinski definition) is 4. The van der Waals surface area contributed by atoms with Gasteiger partial charge in [0.05, 0.1) is 16.2 Å². The Hall–Kier alpha value is -2.39. The van der Waals surface area contributed by atoms with Gasteiger partial charge in [0, 0.05) is 5.69 Å². The standard InChI is InChI=1S/C17H15F8NO4S2/c1-16(28,10-31(29,30)13-4-2-3-11(9-13)17(18,19)20)15(27)26-12-5-7-14(8-6-12)32(21,22,23,24)25/h2-9,28H,10H2,1H3,(H,26,27). The molecule has 0 heterocycles. The molecule has 0 radical (unpaired) electrons. The summed E-state index contributed by atoms with van der Waals surface area (Å²) in [6.07, 6.45) is -4.85. The van der Waals surface area contributed by atoms with Gasteiger partial charge in [-0.1, -0.05) is 25.5 Å². The zero-order valence-electron chi connectivity index (χ0n) is 15.8. The van der Waals surface area contributed by atoms with E-state index in [2.05, 4.69) is 0 Å². The molecule has 2 rings (SSSR count). The van der Waals surface area contributed by atoms with Crippen LogP contribution in [0.15, 0.2) is 58.3 Å². The lowest BCUT2D eigenvalue weighted by atomic mass is 10.1. The molecule has 0 saturated heterocycles. The lowest BCUT2D eigenvalue weighted by Gasteiger charge is -2.40. The van der Waals surface area contributed by atoms with E-state index < -0.39 is 64.5 Å². The molecular weight excluding hydrogens is 498 g/mol. The van der Waals surface area contributed by atoms with E-state index in [1.165, 1.54) is 0 Å². The first-order chi connectivity index (χ1) is 14.0. The number of rotatable bonds is 6. The summed E-state index contributed by atoms with van der Waals surface area (Å²) < 4.78 is 127. The van der Waals surface area contributed by atoms with Crippen LogP contribution in [0.3, 0.4) is 0 Å². The highest BCUT2D eigenvalue weighted by Crippen LogP contribution is 3.02. The van der Waals surface area contributed by atoms with Gasteiger partial charge in [0.2, 0.25) is 0 Å². The second kappa shape index (κ2) is 7.05. The summed E-state index contributed by atoms with van der Waals surface area (Å²) in [6.45, 7) is 0.705. The highest BCUT2D eigenvalue weighted by Gasteiger charge is 2.65. The first-order valence-electron chi connectivity index (χ1n) is 8.29. The Morgan fingerprint density at radius 2 is 1.53 bits per heavy atom. The zero-order valence-corrected chi connectivity index (χ0v) is 17.5. The van der Waals surface area contributed by atoms with Crippen molar-refractivity contribution < 1.29 is 50.9 Å². The smallest absolute Gasteiger partial charge is 0.379 e. The van der Waals surface area contributed by atoms with E-state index in [-0.39, 0.29) is 12.1 Å². The van der Waals surface area contributed by atoms with E-state index >= 15 is 0 Å². The molecular formula is C17H15F8NO4S2. The monoisotopic (exact) mass is 513 g/mol. The van der Waals surface area contributed by atoms with Crippen LogP contribution in [0.1, 0.15) is 12.5 Å². The quantitative estimate of drug-likeness (QED) is 0.498. The minimum atomic E-state index is -9.95. The summed E-state index contributed by atoms with van der Waals surface area (Å²) in [4.78, 5) is 9.14. The van der Waals surface area contributed by atoms with Crippen LogP contribution in [0.2, 0.25) is 0 Å². The molecule has 2 N–H and O–H groups in total. The topological polar surface area (TPSA) is 83.5 Å². The Labute approximate surface area is 176 Å². The van der Waals surface area contributed by atoms with Crippen LogP contribution in [-0.2, 0) is 20.8 Å². The van der Waals surface area contributed by atoms with Crippen molar-refractivity contribution in [1.82, 2.24) is 0 Å². The van der Waals surface area contributed by atoms with Crippen molar-refractivity contribution in [2.45, 2.75) is 28.5 Å². The number of amides is 1. The van der Waals surface area contributed by atoms with E-state index in [9.17, 15) is 50.9 Å². The van der Waals surface area contributed by atoms with Crippen LogP contribution in [0.4, 0.5) is 38.3 Å². The van der Waals surface area contributed by atoms with Crippen molar-refractivity contribution in [3.8, 4) is 0 Å². The molecule has 0 spiro atoms. The third kappa shape index (κ3) is 6.32. The first kappa shape index (κ1) is 25.9. The van der Waals surface area contributed by atoms with Gasteiger partial charge in [0.25, 0.3) is 5.91 Å². The number of anilines is 1. The number of nitrogens with one attached hydrogen (secondary N) is 1. The van der Waals surface area contributed by atoms with E-state index in [1.807, 2.05) is 5.32 Å². The fraction of sp³-hybridized carbons (Fsp3) is 0.235. The fourth-order valence-corrected chi connectivity index (χ4v) is 4.73. The van der Waals surface area contributed by atoms with Gasteiger partial charge in [-0.3, -0.25) is 4.79 Å². The Kier molecular flexibility index (Phi) is 5.70. The summed E-state index contributed by atoms with van der Waals surface area (Å²) >= 11 is 0. The Bertz CT molecular complexity index is 1140. The molecule has 0 fully saturated rings. The Morgan fingerprint density at radius 1 is 1.00 bits per heavy atom. The molecule has 15 heteroatoms. The highest BCUT2D eigenvalue weighted by atomic mass is 32.5. The number of hydrogen-bond donors (Lipinski definition) is 2. The van der Waals surface area contributed by atoms with Crippen LogP contribution in [-0.4, -0.2) is 30.8 Å². The molecule has 32 heavy (non-hydrogen) atoms. The van der Waals surface area contributed by atoms with Crippen molar-refractivity contribution in [2.24, 2.45) is 0 Å². The predicted molar refractivity (Wildman–Crippen MR) is 101 cm³/mol. The summed E-state index contributed by atoms with van der Waals surface area (Å²) in [5.41, 5.74) is -4.50. The van der Waals surface area contributed by atoms with Gasteiger partial charge in [-0.15, -0.1) is 0 Å². The first-order valence-corrected chi connectivity index (χ1v) is 11.9. The van der Waals surface area contributed by atoms with Crippen LogP contribution >= 0.6 is 10.2 Å². The number of carbonyl (C=O) groups is 1. The van der Waals surface area contributed by atoms with E-state index in [4.69, 9.17) is 0 Å². The molecule has 180 valence electrons. The lowest BCUT2D eigenvalue weighted by Crippen LogP contribution is -2.45. The molecule has 0 bridgehead atoms. The second-order valence-electron chi connectivity index (χ2n) is 7.01. The van der Waals surface area contributed by atoms with Gasteiger partial charge in [0.1, 0.15) is 4.90 Å². The molecule has 5 nitrogen and oxygen atoms in total. The second-order valence-corrected chi connectivity index (χ2v) is 11.4. The van der Waals surface area contributed by atoms with Gasteiger partial charge in [-0.2, -0.15) is 13.2 Å². The lowest BCUT2D eigenvalue weighted by molar-refractivity contribution is -0.137. The normalized spacial score (nSPS) is 17.1. The maximum Gasteiger partial charge on any atom is 0.416 e. The molecule has 0 aliphatic heterocycles. The van der Waals surface area contributed by atoms with E-state index in [1.54, 1.807) is 0 Å². The highest BCUT2D eigenvalue weighted by molar-refractivity contribution is 8.45. The van der Waals surface area contributed by atoms with Crippen LogP contribution in [0.25, 0.3) is 0 Å². The predicted octanol–water partition coefficient (Wildman–Crippen LogP) is 5.53. The van der Waals surface area contributed by atoms with Gasteiger partial charge < -0.3 is 10.4 Å². The average Bonchev–Trinajstić information content (AvgIpc) is 2.58. The average molecular weight is 513 g/mol. The summed E-state index contributed by atoms with van der Waals surface area (Å²) in [5.74, 6) is -2.83. The van der Waals surface area contributed by atoms with Crippen LogP contribution in [0, 0.1) is 0 Å². The molecule has 2 aromatic carbocycles. The van der Waals surface area contributed by atoms with Crippen molar-refractivity contribution in [2.75, 3.05) is 11.1 Å². The third-order valence-electron chi connectivity index (χ3n) is 4.04. The molecule has 0 aromatic heterocycles. The molecule has 0 saturated carbocycles. The minimum absolute atomic E-state index is 0.00867. The van der Waals surface area contributed by atoms with Gasteiger partial charge in [0.15, 0.2) is 15.4 Å². The Balaban J connectivity index is 2.23. The van der Waals surface area contributed by atoms with Gasteiger partial charge >= 0.3 is 16.4 Å². The maximum atomic E-state index is 12.8. The van der Waals surface area contributed by atoms with Crippen molar-refractivity contribution in [1.29, 1.82) is 0 Å². The number of sulfone groups is 1.